The highest BCUT2D eigenvalue weighted by molar-refractivity contribution is 5.86. The second-order valence-electron chi connectivity index (χ2n) is 4.19. The van der Waals surface area contributed by atoms with Crippen LogP contribution in [0.5, 0.6) is 0 Å². The molecule has 2 amide bonds. The SMILES string of the molecule is CCCN(CC(=O)O)C(=O)C1CCC(=O)NC1. The molecule has 1 heterocycles. The van der Waals surface area contributed by atoms with E-state index >= 15 is 0 Å². The molecule has 0 aliphatic carbocycles. The van der Waals surface area contributed by atoms with E-state index in [4.69, 9.17) is 5.11 Å². The Morgan fingerprint density at radius 1 is 1.53 bits per heavy atom. The van der Waals surface area contributed by atoms with Crippen molar-refractivity contribution in [2.45, 2.75) is 26.2 Å². The summed E-state index contributed by atoms with van der Waals surface area (Å²) in [4.78, 5) is 35.0. The van der Waals surface area contributed by atoms with Crippen molar-refractivity contribution in [1.82, 2.24) is 10.2 Å². The summed E-state index contributed by atoms with van der Waals surface area (Å²) >= 11 is 0. The van der Waals surface area contributed by atoms with Crippen molar-refractivity contribution in [1.29, 1.82) is 0 Å². The maximum absolute atomic E-state index is 12.0. The van der Waals surface area contributed by atoms with Crippen LogP contribution in [-0.4, -0.2) is 47.4 Å². The molecule has 1 aliphatic rings. The van der Waals surface area contributed by atoms with Gasteiger partial charge in [-0.2, -0.15) is 0 Å². The van der Waals surface area contributed by atoms with E-state index in [0.29, 0.717) is 25.9 Å². The molecule has 0 spiro atoms. The Hall–Kier alpha value is -1.59. The van der Waals surface area contributed by atoms with E-state index < -0.39 is 5.97 Å². The minimum Gasteiger partial charge on any atom is -0.480 e. The lowest BCUT2D eigenvalue weighted by Crippen LogP contribution is -2.46. The number of rotatable bonds is 5. The van der Waals surface area contributed by atoms with Gasteiger partial charge in [0.15, 0.2) is 0 Å². The van der Waals surface area contributed by atoms with Gasteiger partial charge in [0, 0.05) is 19.5 Å². The van der Waals surface area contributed by atoms with Gasteiger partial charge in [-0.25, -0.2) is 0 Å². The molecule has 1 atom stereocenters. The molecule has 1 saturated heterocycles. The third kappa shape index (κ3) is 4.05. The van der Waals surface area contributed by atoms with Crippen molar-refractivity contribution in [2.24, 2.45) is 5.92 Å². The van der Waals surface area contributed by atoms with Crippen LogP contribution in [0.1, 0.15) is 26.2 Å². The predicted molar refractivity (Wildman–Crippen MR) is 60.2 cm³/mol. The van der Waals surface area contributed by atoms with Gasteiger partial charge in [0.25, 0.3) is 0 Å². The number of nitrogens with zero attached hydrogens (tertiary/aromatic N) is 1. The molecular formula is C11H18N2O4. The number of carbonyl (C=O) groups is 3. The Morgan fingerprint density at radius 3 is 2.71 bits per heavy atom. The summed E-state index contributed by atoms with van der Waals surface area (Å²) in [6.45, 7) is 2.38. The second kappa shape index (κ2) is 6.22. The molecule has 96 valence electrons. The average molecular weight is 242 g/mol. The Balaban J connectivity index is 2.57. The normalized spacial score (nSPS) is 19.6. The molecular weight excluding hydrogens is 224 g/mol. The quantitative estimate of drug-likeness (QED) is 0.701. The standard InChI is InChI=1S/C11H18N2O4/c1-2-5-13(7-10(15)16)11(17)8-3-4-9(14)12-6-8/h8H,2-7H2,1H3,(H,12,14)(H,15,16). The van der Waals surface area contributed by atoms with E-state index in [1.165, 1.54) is 4.90 Å². The van der Waals surface area contributed by atoms with E-state index in [1.807, 2.05) is 6.92 Å². The largest absolute Gasteiger partial charge is 0.480 e. The van der Waals surface area contributed by atoms with Crippen LogP contribution in [0, 0.1) is 5.92 Å². The Labute approximate surface area is 100.0 Å². The minimum absolute atomic E-state index is 0.0469. The number of carboxylic acids is 1. The number of amides is 2. The fourth-order valence-electron chi connectivity index (χ4n) is 1.90. The van der Waals surface area contributed by atoms with Crippen molar-refractivity contribution < 1.29 is 19.5 Å². The van der Waals surface area contributed by atoms with E-state index in [-0.39, 0.29) is 24.3 Å². The number of hydrogen-bond acceptors (Lipinski definition) is 3. The van der Waals surface area contributed by atoms with Crippen LogP contribution in [0.2, 0.25) is 0 Å². The first-order chi connectivity index (χ1) is 8.04. The van der Waals surface area contributed by atoms with Gasteiger partial charge in [-0.3, -0.25) is 14.4 Å². The molecule has 1 aliphatic heterocycles. The third-order valence-corrected chi connectivity index (χ3v) is 2.75. The maximum Gasteiger partial charge on any atom is 0.323 e. The monoisotopic (exact) mass is 242 g/mol. The highest BCUT2D eigenvalue weighted by atomic mass is 16.4. The third-order valence-electron chi connectivity index (χ3n) is 2.75. The first kappa shape index (κ1) is 13.5. The predicted octanol–water partition coefficient (Wildman–Crippen LogP) is -0.164. The maximum atomic E-state index is 12.0. The zero-order valence-corrected chi connectivity index (χ0v) is 9.94. The van der Waals surface area contributed by atoms with E-state index in [0.717, 1.165) is 6.42 Å². The number of hydrogen-bond donors (Lipinski definition) is 2. The molecule has 1 rings (SSSR count). The van der Waals surface area contributed by atoms with Crippen LogP contribution in [-0.2, 0) is 14.4 Å². The molecule has 6 nitrogen and oxygen atoms in total. The van der Waals surface area contributed by atoms with Crippen LogP contribution in [0.3, 0.4) is 0 Å². The van der Waals surface area contributed by atoms with Gasteiger partial charge in [0.2, 0.25) is 11.8 Å². The van der Waals surface area contributed by atoms with Crippen molar-refractivity contribution >= 4 is 17.8 Å². The summed E-state index contributed by atoms with van der Waals surface area (Å²) in [6, 6.07) is 0. The lowest BCUT2D eigenvalue weighted by molar-refractivity contribution is -0.147. The van der Waals surface area contributed by atoms with Gasteiger partial charge in [-0.1, -0.05) is 6.92 Å². The molecule has 2 N–H and O–H groups in total. The Kier molecular flexibility index (Phi) is 4.93. The number of piperidine rings is 1. The lowest BCUT2D eigenvalue weighted by Gasteiger charge is -2.28. The summed E-state index contributed by atoms with van der Waals surface area (Å²) < 4.78 is 0. The first-order valence-corrected chi connectivity index (χ1v) is 5.81. The average Bonchev–Trinajstić information content (AvgIpc) is 2.28. The molecule has 6 heteroatoms. The number of carboxylic acid groups (broad SMARTS) is 1. The summed E-state index contributed by atoms with van der Waals surface area (Å²) in [5, 5.41) is 11.4. The van der Waals surface area contributed by atoms with Gasteiger partial charge in [-0.05, 0) is 12.8 Å². The van der Waals surface area contributed by atoms with Crippen LogP contribution in [0.15, 0.2) is 0 Å². The van der Waals surface area contributed by atoms with Crippen molar-refractivity contribution in [2.75, 3.05) is 19.6 Å². The first-order valence-electron chi connectivity index (χ1n) is 5.81. The van der Waals surface area contributed by atoms with Crippen molar-refractivity contribution in [3.05, 3.63) is 0 Å². The number of nitrogens with one attached hydrogen (secondary N) is 1. The van der Waals surface area contributed by atoms with Gasteiger partial charge >= 0.3 is 5.97 Å². The molecule has 0 aromatic heterocycles. The molecule has 0 bridgehead atoms. The minimum atomic E-state index is -1.01. The van der Waals surface area contributed by atoms with Gasteiger partial charge < -0.3 is 15.3 Å². The van der Waals surface area contributed by atoms with Crippen LogP contribution < -0.4 is 5.32 Å². The highest BCUT2D eigenvalue weighted by Gasteiger charge is 2.28. The fourth-order valence-corrected chi connectivity index (χ4v) is 1.90. The Morgan fingerprint density at radius 2 is 2.24 bits per heavy atom. The fraction of sp³-hybridized carbons (Fsp3) is 0.727. The highest BCUT2D eigenvalue weighted by Crippen LogP contribution is 2.14. The van der Waals surface area contributed by atoms with Gasteiger partial charge in [0.1, 0.15) is 6.54 Å². The van der Waals surface area contributed by atoms with Gasteiger partial charge in [-0.15, -0.1) is 0 Å². The van der Waals surface area contributed by atoms with Crippen molar-refractivity contribution in [3.8, 4) is 0 Å². The van der Waals surface area contributed by atoms with Crippen LogP contribution in [0.4, 0.5) is 0 Å². The summed E-state index contributed by atoms with van der Waals surface area (Å²) in [5.74, 6) is -1.51. The molecule has 0 aromatic rings. The smallest absolute Gasteiger partial charge is 0.323 e. The van der Waals surface area contributed by atoms with E-state index in [9.17, 15) is 14.4 Å². The lowest BCUT2D eigenvalue weighted by atomic mass is 9.97. The van der Waals surface area contributed by atoms with E-state index in [2.05, 4.69) is 5.32 Å². The number of aliphatic carboxylic acids is 1. The van der Waals surface area contributed by atoms with Crippen LogP contribution >= 0.6 is 0 Å². The Bertz CT molecular complexity index is 307. The molecule has 0 saturated carbocycles. The second-order valence-corrected chi connectivity index (χ2v) is 4.19. The van der Waals surface area contributed by atoms with Crippen molar-refractivity contribution in [3.63, 3.8) is 0 Å². The summed E-state index contributed by atoms with van der Waals surface area (Å²) in [7, 11) is 0. The molecule has 1 unspecified atom stereocenters. The molecule has 17 heavy (non-hydrogen) atoms. The molecule has 0 aromatic carbocycles. The summed E-state index contributed by atoms with van der Waals surface area (Å²) in [5.41, 5.74) is 0. The molecule has 1 fully saturated rings. The zero-order valence-electron chi connectivity index (χ0n) is 9.94. The summed E-state index contributed by atoms with van der Waals surface area (Å²) in [6.07, 6.45) is 1.56. The zero-order chi connectivity index (χ0) is 12.8. The van der Waals surface area contributed by atoms with Crippen LogP contribution in [0.25, 0.3) is 0 Å². The molecule has 0 radical (unpaired) electrons. The van der Waals surface area contributed by atoms with E-state index in [1.54, 1.807) is 0 Å². The topological polar surface area (TPSA) is 86.7 Å². The van der Waals surface area contributed by atoms with Gasteiger partial charge in [0.05, 0.1) is 5.92 Å². The number of carbonyl (C=O) groups excluding carboxylic acids is 2.